The van der Waals surface area contributed by atoms with Crippen molar-refractivity contribution in [3.05, 3.63) is 47.2 Å². The van der Waals surface area contributed by atoms with Crippen LogP contribution in [0.5, 0.6) is 0 Å². The molecular weight excluding hydrogens is 232 g/mol. The fourth-order valence-electron chi connectivity index (χ4n) is 2.66. The smallest absolute Gasteiger partial charge is 0.0661 e. The maximum absolute atomic E-state index is 8.49. The largest absolute Gasteiger partial charge is 0.386 e. The quantitative estimate of drug-likeness (QED) is 0.781. The molecule has 1 atom stereocenters. The zero-order valence-corrected chi connectivity index (χ0v) is 12.2. The summed E-state index contributed by atoms with van der Waals surface area (Å²) in [6.07, 6.45) is 3.31. The Hall–Kier alpha value is -1.57. The van der Waals surface area contributed by atoms with Gasteiger partial charge in [0.05, 0.1) is 5.71 Å². The summed E-state index contributed by atoms with van der Waals surface area (Å²) in [5.41, 5.74) is 4.20. The Bertz CT molecular complexity index is 471. The van der Waals surface area contributed by atoms with Crippen LogP contribution in [0.2, 0.25) is 0 Å². The molecule has 1 aromatic carbocycles. The molecule has 1 aliphatic rings. The Morgan fingerprint density at radius 2 is 1.95 bits per heavy atom. The van der Waals surface area contributed by atoms with Crippen molar-refractivity contribution in [1.82, 2.24) is 5.32 Å². The minimum Gasteiger partial charge on any atom is -0.386 e. The summed E-state index contributed by atoms with van der Waals surface area (Å²) in [4.78, 5) is 0. The normalized spacial score (nSPS) is 19.7. The molecule has 102 valence electrons. The van der Waals surface area contributed by atoms with Gasteiger partial charge in [0.1, 0.15) is 0 Å². The fourth-order valence-corrected chi connectivity index (χ4v) is 2.66. The van der Waals surface area contributed by atoms with E-state index in [0.717, 1.165) is 18.4 Å². The van der Waals surface area contributed by atoms with Crippen LogP contribution >= 0.6 is 0 Å². The molecule has 1 unspecified atom stereocenters. The number of rotatable bonds is 4. The van der Waals surface area contributed by atoms with Gasteiger partial charge in [-0.25, -0.2) is 0 Å². The van der Waals surface area contributed by atoms with Gasteiger partial charge in [-0.15, -0.1) is 0 Å². The molecule has 19 heavy (non-hydrogen) atoms. The predicted octanol–water partition coefficient (Wildman–Crippen LogP) is 4.13. The van der Waals surface area contributed by atoms with Gasteiger partial charge in [0.25, 0.3) is 0 Å². The Morgan fingerprint density at radius 3 is 2.58 bits per heavy atom. The first-order valence-electron chi connectivity index (χ1n) is 7.21. The molecule has 2 rings (SSSR count). The van der Waals surface area contributed by atoms with Gasteiger partial charge in [-0.1, -0.05) is 37.3 Å². The SMILES string of the molecule is CC1CCC(NC(C)C)=C(C(=N)c2ccccc2)C1. The van der Waals surface area contributed by atoms with Gasteiger partial charge < -0.3 is 5.32 Å². The van der Waals surface area contributed by atoms with E-state index in [0.29, 0.717) is 17.7 Å². The summed E-state index contributed by atoms with van der Waals surface area (Å²) in [6.45, 7) is 6.61. The van der Waals surface area contributed by atoms with E-state index in [9.17, 15) is 0 Å². The highest BCUT2D eigenvalue weighted by Gasteiger charge is 2.22. The first-order chi connectivity index (χ1) is 9.08. The van der Waals surface area contributed by atoms with Gasteiger partial charge in [0.15, 0.2) is 0 Å². The van der Waals surface area contributed by atoms with Crippen LogP contribution in [0.25, 0.3) is 0 Å². The first kappa shape index (κ1) is 13.9. The third-order valence-corrected chi connectivity index (χ3v) is 3.63. The van der Waals surface area contributed by atoms with Gasteiger partial charge in [0.2, 0.25) is 0 Å². The lowest BCUT2D eigenvalue weighted by atomic mass is 9.84. The van der Waals surface area contributed by atoms with Gasteiger partial charge in [-0.3, -0.25) is 5.41 Å². The van der Waals surface area contributed by atoms with Gasteiger partial charge in [-0.05, 0) is 50.2 Å². The number of hydrogen-bond acceptors (Lipinski definition) is 2. The van der Waals surface area contributed by atoms with E-state index in [2.05, 4.69) is 26.1 Å². The minimum absolute atomic E-state index is 0.432. The second-order valence-electron chi connectivity index (χ2n) is 5.85. The summed E-state index contributed by atoms with van der Waals surface area (Å²) in [6, 6.07) is 10.5. The molecule has 0 bridgehead atoms. The second-order valence-corrected chi connectivity index (χ2v) is 5.85. The summed E-state index contributed by atoms with van der Waals surface area (Å²) in [5, 5.41) is 12.0. The molecule has 0 spiro atoms. The van der Waals surface area contributed by atoms with Crippen LogP contribution in [0.3, 0.4) is 0 Å². The lowest BCUT2D eigenvalue weighted by molar-refractivity contribution is 0.477. The van der Waals surface area contributed by atoms with Gasteiger partial charge in [-0.2, -0.15) is 0 Å². The predicted molar refractivity (Wildman–Crippen MR) is 81.6 cm³/mol. The first-order valence-corrected chi connectivity index (χ1v) is 7.21. The molecular formula is C17H24N2. The molecule has 0 fully saturated rings. The van der Waals surface area contributed by atoms with E-state index in [1.807, 2.05) is 30.3 Å². The summed E-state index contributed by atoms with van der Waals surface area (Å²) < 4.78 is 0. The second kappa shape index (κ2) is 6.05. The van der Waals surface area contributed by atoms with Crippen molar-refractivity contribution in [3.63, 3.8) is 0 Å². The average molecular weight is 256 g/mol. The number of nitrogens with one attached hydrogen (secondary N) is 2. The molecule has 0 saturated carbocycles. The Morgan fingerprint density at radius 1 is 1.26 bits per heavy atom. The molecule has 0 amide bonds. The summed E-state index contributed by atoms with van der Waals surface area (Å²) in [5.74, 6) is 0.678. The molecule has 2 heteroatoms. The zero-order valence-electron chi connectivity index (χ0n) is 12.2. The van der Waals surface area contributed by atoms with Crippen molar-refractivity contribution in [3.8, 4) is 0 Å². The van der Waals surface area contributed by atoms with Crippen LogP contribution < -0.4 is 5.32 Å². The molecule has 0 saturated heterocycles. The van der Waals surface area contributed by atoms with E-state index in [1.54, 1.807) is 0 Å². The Labute approximate surface area is 116 Å². The van der Waals surface area contributed by atoms with E-state index < -0.39 is 0 Å². The molecule has 2 nitrogen and oxygen atoms in total. The van der Waals surface area contributed by atoms with Crippen LogP contribution in [0.1, 0.15) is 45.6 Å². The Kier molecular flexibility index (Phi) is 4.41. The van der Waals surface area contributed by atoms with Gasteiger partial charge in [0, 0.05) is 11.7 Å². The topological polar surface area (TPSA) is 35.9 Å². The maximum Gasteiger partial charge on any atom is 0.0661 e. The third kappa shape index (κ3) is 3.46. The average Bonchev–Trinajstić information content (AvgIpc) is 2.40. The van der Waals surface area contributed by atoms with Crippen LogP contribution in [0.15, 0.2) is 41.6 Å². The molecule has 1 aliphatic carbocycles. The van der Waals surface area contributed by atoms with Crippen molar-refractivity contribution in [1.29, 1.82) is 5.41 Å². The molecule has 0 aliphatic heterocycles. The van der Waals surface area contributed by atoms with E-state index >= 15 is 0 Å². The van der Waals surface area contributed by atoms with Crippen molar-refractivity contribution in [2.24, 2.45) is 5.92 Å². The van der Waals surface area contributed by atoms with Crippen LogP contribution in [0, 0.1) is 11.3 Å². The highest BCUT2D eigenvalue weighted by molar-refractivity contribution is 6.11. The van der Waals surface area contributed by atoms with Crippen molar-refractivity contribution < 1.29 is 0 Å². The lowest BCUT2D eigenvalue weighted by Gasteiger charge is -2.27. The molecule has 1 aromatic rings. The monoisotopic (exact) mass is 256 g/mol. The minimum atomic E-state index is 0.432. The van der Waals surface area contributed by atoms with Crippen molar-refractivity contribution in [2.45, 2.75) is 46.1 Å². The van der Waals surface area contributed by atoms with Gasteiger partial charge >= 0.3 is 0 Å². The number of benzene rings is 1. The zero-order chi connectivity index (χ0) is 13.8. The van der Waals surface area contributed by atoms with Crippen molar-refractivity contribution in [2.75, 3.05) is 0 Å². The molecule has 2 N–H and O–H groups in total. The number of allylic oxidation sites excluding steroid dienone is 2. The van der Waals surface area contributed by atoms with Crippen LogP contribution in [-0.4, -0.2) is 11.8 Å². The standard InChI is InChI=1S/C17H24N2/c1-12(2)19-16-10-9-13(3)11-15(16)17(18)14-7-5-4-6-8-14/h4-8,12-13,18-19H,9-11H2,1-3H3. The van der Waals surface area contributed by atoms with E-state index in [-0.39, 0.29) is 0 Å². The van der Waals surface area contributed by atoms with E-state index in [4.69, 9.17) is 5.41 Å². The van der Waals surface area contributed by atoms with E-state index in [1.165, 1.54) is 17.7 Å². The maximum atomic E-state index is 8.49. The fraction of sp³-hybridized carbons (Fsp3) is 0.471. The van der Waals surface area contributed by atoms with Crippen molar-refractivity contribution >= 4 is 5.71 Å². The summed E-state index contributed by atoms with van der Waals surface area (Å²) in [7, 11) is 0. The highest BCUT2D eigenvalue weighted by Crippen LogP contribution is 2.30. The Balaban J connectivity index is 2.31. The summed E-state index contributed by atoms with van der Waals surface area (Å²) >= 11 is 0. The number of hydrogen-bond donors (Lipinski definition) is 2. The molecule has 0 heterocycles. The van der Waals surface area contributed by atoms with Crippen LogP contribution in [-0.2, 0) is 0 Å². The molecule has 0 aromatic heterocycles. The third-order valence-electron chi connectivity index (χ3n) is 3.63. The lowest BCUT2D eigenvalue weighted by Crippen LogP contribution is -2.28. The molecule has 0 radical (unpaired) electrons. The van der Waals surface area contributed by atoms with Crippen LogP contribution in [0.4, 0.5) is 0 Å². The highest BCUT2D eigenvalue weighted by atomic mass is 14.9.